The average molecular weight is 188 g/mol. The summed E-state index contributed by atoms with van der Waals surface area (Å²) >= 11 is 0. The Labute approximate surface area is 83.1 Å². The van der Waals surface area contributed by atoms with Gasteiger partial charge in [-0.2, -0.15) is 0 Å². The number of hydrogen-bond donors (Lipinski definition) is 0. The van der Waals surface area contributed by atoms with Crippen LogP contribution in [0.25, 0.3) is 0 Å². The lowest BCUT2D eigenvalue weighted by molar-refractivity contribution is 0.0771. The molecule has 72 valence electrons. The van der Waals surface area contributed by atoms with Gasteiger partial charge in [0.1, 0.15) is 0 Å². The highest BCUT2D eigenvalue weighted by Gasteiger charge is 2.14. The summed E-state index contributed by atoms with van der Waals surface area (Å²) in [6.07, 6.45) is 8.38. The first-order valence-corrected chi connectivity index (χ1v) is 4.72. The van der Waals surface area contributed by atoms with Gasteiger partial charge in [0.15, 0.2) is 0 Å². The van der Waals surface area contributed by atoms with Crippen molar-refractivity contribution in [3.05, 3.63) is 42.2 Å². The Morgan fingerprint density at radius 3 is 2.71 bits per heavy atom. The number of nitrogens with zero attached hydrogens (tertiary/aromatic N) is 2. The summed E-state index contributed by atoms with van der Waals surface area (Å²) in [6.45, 7) is 1.54. The quantitative estimate of drug-likeness (QED) is 0.625. The molecule has 2 rings (SSSR count). The van der Waals surface area contributed by atoms with Crippen molar-refractivity contribution < 1.29 is 4.79 Å². The largest absolute Gasteiger partial charge is 0.335 e. The van der Waals surface area contributed by atoms with E-state index in [-0.39, 0.29) is 5.91 Å². The van der Waals surface area contributed by atoms with Gasteiger partial charge < -0.3 is 4.90 Å². The Morgan fingerprint density at radius 1 is 1.29 bits per heavy atom. The molecule has 1 aromatic rings. The maximum Gasteiger partial charge on any atom is 0.254 e. The van der Waals surface area contributed by atoms with Crippen LogP contribution in [-0.4, -0.2) is 28.9 Å². The predicted octanol–water partition coefficient (Wildman–Crippen LogP) is 1.48. The Bertz CT molecular complexity index is 346. The van der Waals surface area contributed by atoms with Gasteiger partial charge in [-0.3, -0.25) is 9.78 Å². The Hall–Kier alpha value is -1.64. The van der Waals surface area contributed by atoms with Crippen LogP contribution >= 0.6 is 0 Å². The van der Waals surface area contributed by atoms with Gasteiger partial charge >= 0.3 is 0 Å². The zero-order valence-electron chi connectivity index (χ0n) is 7.89. The van der Waals surface area contributed by atoms with Gasteiger partial charge in [0.05, 0.1) is 0 Å². The zero-order valence-corrected chi connectivity index (χ0v) is 7.89. The molecule has 0 atom stereocenters. The number of carbonyl (C=O) groups excluding carboxylic acids is 1. The van der Waals surface area contributed by atoms with Gasteiger partial charge in [0.25, 0.3) is 5.91 Å². The molecule has 3 heteroatoms. The van der Waals surface area contributed by atoms with Crippen LogP contribution < -0.4 is 0 Å². The van der Waals surface area contributed by atoms with E-state index in [0.29, 0.717) is 0 Å². The SMILES string of the molecule is O=C(c1ccncc1)N1CC=CCC1. The molecule has 0 spiro atoms. The summed E-state index contributed by atoms with van der Waals surface area (Å²) in [4.78, 5) is 17.6. The molecule has 3 nitrogen and oxygen atoms in total. The van der Waals surface area contributed by atoms with Crippen LogP contribution in [0.1, 0.15) is 16.8 Å². The van der Waals surface area contributed by atoms with E-state index in [1.807, 2.05) is 11.0 Å². The van der Waals surface area contributed by atoms with E-state index in [4.69, 9.17) is 0 Å². The monoisotopic (exact) mass is 188 g/mol. The lowest BCUT2D eigenvalue weighted by Gasteiger charge is -2.23. The first-order valence-electron chi connectivity index (χ1n) is 4.72. The Morgan fingerprint density at radius 2 is 2.07 bits per heavy atom. The molecule has 1 amide bonds. The highest BCUT2D eigenvalue weighted by atomic mass is 16.2. The van der Waals surface area contributed by atoms with Gasteiger partial charge in [0.2, 0.25) is 0 Å². The third-order valence-electron chi connectivity index (χ3n) is 2.27. The van der Waals surface area contributed by atoms with E-state index >= 15 is 0 Å². The molecule has 0 bridgehead atoms. The van der Waals surface area contributed by atoms with Gasteiger partial charge in [-0.1, -0.05) is 12.2 Å². The number of aromatic nitrogens is 1. The van der Waals surface area contributed by atoms with Crippen molar-refractivity contribution in [3.63, 3.8) is 0 Å². The molecule has 0 N–H and O–H groups in total. The first kappa shape index (κ1) is 8.94. The predicted molar refractivity (Wildman–Crippen MR) is 53.9 cm³/mol. The molecule has 0 aromatic carbocycles. The third-order valence-corrected chi connectivity index (χ3v) is 2.27. The highest BCUT2D eigenvalue weighted by molar-refractivity contribution is 5.94. The normalized spacial score (nSPS) is 15.6. The highest BCUT2D eigenvalue weighted by Crippen LogP contribution is 2.07. The van der Waals surface area contributed by atoms with Crippen LogP contribution in [0.4, 0.5) is 0 Å². The van der Waals surface area contributed by atoms with E-state index in [1.54, 1.807) is 24.5 Å². The molecule has 0 saturated carbocycles. The van der Waals surface area contributed by atoms with Gasteiger partial charge in [-0.15, -0.1) is 0 Å². The van der Waals surface area contributed by atoms with E-state index in [9.17, 15) is 4.79 Å². The Balaban J connectivity index is 2.12. The lowest BCUT2D eigenvalue weighted by atomic mass is 10.2. The average Bonchev–Trinajstić information content (AvgIpc) is 2.30. The topological polar surface area (TPSA) is 33.2 Å². The summed E-state index contributed by atoms with van der Waals surface area (Å²) in [5.74, 6) is 0.0942. The van der Waals surface area contributed by atoms with Crippen molar-refractivity contribution in [1.82, 2.24) is 9.88 Å². The minimum absolute atomic E-state index is 0.0942. The fourth-order valence-electron chi connectivity index (χ4n) is 1.50. The molecule has 1 aliphatic rings. The number of amides is 1. The molecule has 14 heavy (non-hydrogen) atoms. The van der Waals surface area contributed by atoms with Crippen molar-refractivity contribution in [2.24, 2.45) is 0 Å². The second-order valence-electron chi connectivity index (χ2n) is 3.25. The molecule has 0 saturated heterocycles. The van der Waals surface area contributed by atoms with Crippen molar-refractivity contribution in [1.29, 1.82) is 0 Å². The van der Waals surface area contributed by atoms with Crippen LogP contribution in [0.5, 0.6) is 0 Å². The number of carbonyl (C=O) groups is 1. The second-order valence-corrected chi connectivity index (χ2v) is 3.25. The van der Waals surface area contributed by atoms with Crippen molar-refractivity contribution in [2.75, 3.05) is 13.1 Å². The van der Waals surface area contributed by atoms with E-state index < -0.39 is 0 Å². The minimum Gasteiger partial charge on any atom is -0.335 e. The van der Waals surface area contributed by atoms with E-state index in [0.717, 1.165) is 25.1 Å². The van der Waals surface area contributed by atoms with Crippen LogP contribution in [0.15, 0.2) is 36.7 Å². The van der Waals surface area contributed by atoms with E-state index in [2.05, 4.69) is 11.1 Å². The molecule has 1 aromatic heterocycles. The fourth-order valence-corrected chi connectivity index (χ4v) is 1.50. The summed E-state index contributed by atoms with van der Waals surface area (Å²) in [5, 5.41) is 0. The van der Waals surface area contributed by atoms with Crippen LogP contribution in [0, 0.1) is 0 Å². The van der Waals surface area contributed by atoms with Crippen LogP contribution in [-0.2, 0) is 0 Å². The van der Waals surface area contributed by atoms with Gasteiger partial charge in [-0.25, -0.2) is 0 Å². The zero-order chi connectivity index (χ0) is 9.80. The second kappa shape index (κ2) is 4.05. The number of rotatable bonds is 1. The smallest absolute Gasteiger partial charge is 0.254 e. The Kier molecular flexibility index (Phi) is 2.58. The molecule has 0 radical (unpaired) electrons. The summed E-state index contributed by atoms with van der Waals surface area (Å²) < 4.78 is 0. The lowest BCUT2D eigenvalue weighted by Crippen LogP contribution is -2.33. The van der Waals surface area contributed by atoms with Crippen molar-refractivity contribution in [3.8, 4) is 0 Å². The van der Waals surface area contributed by atoms with Crippen LogP contribution in [0.2, 0.25) is 0 Å². The summed E-state index contributed by atoms with van der Waals surface area (Å²) in [7, 11) is 0. The molecule has 2 heterocycles. The van der Waals surface area contributed by atoms with Crippen molar-refractivity contribution in [2.45, 2.75) is 6.42 Å². The maximum atomic E-state index is 11.9. The van der Waals surface area contributed by atoms with Crippen molar-refractivity contribution >= 4 is 5.91 Å². The van der Waals surface area contributed by atoms with Gasteiger partial charge in [0, 0.05) is 31.0 Å². The van der Waals surface area contributed by atoms with Crippen LogP contribution in [0.3, 0.4) is 0 Å². The minimum atomic E-state index is 0.0942. The first-order chi connectivity index (χ1) is 6.88. The van der Waals surface area contributed by atoms with E-state index in [1.165, 1.54) is 0 Å². The maximum absolute atomic E-state index is 11.9. The number of hydrogen-bond acceptors (Lipinski definition) is 2. The molecular formula is C11H12N2O. The molecular weight excluding hydrogens is 176 g/mol. The number of pyridine rings is 1. The molecule has 1 aliphatic heterocycles. The molecule has 0 unspecified atom stereocenters. The molecule has 0 aliphatic carbocycles. The summed E-state index contributed by atoms with van der Waals surface area (Å²) in [5.41, 5.74) is 0.718. The fraction of sp³-hybridized carbons (Fsp3) is 0.273. The molecule has 0 fully saturated rings. The third kappa shape index (κ3) is 1.82. The van der Waals surface area contributed by atoms with Gasteiger partial charge in [-0.05, 0) is 18.6 Å². The summed E-state index contributed by atoms with van der Waals surface area (Å²) in [6, 6.07) is 3.50. The standard InChI is InChI=1S/C11H12N2O/c14-11(10-4-6-12-7-5-10)13-8-2-1-3-9-13/h1-2,4-7H,3,8-9H2.